The minimum absolute atomic E-state index is 0. The van der Waals surface area contributed by atoms with E-state index < -0.39 is 50.4 Å². The second-order valence-electron chi connectivity index (χ2n) is 3.01. The van der Waals surface area contributed by atoms with E-state index in [0.29, 0.717) is 0 Å². The summed E-state index contributed by atoms with van der Waals surface area (Å²) < 4.78 is 162. The summed E-state index contributed by atoms with van der Waals surface area (Å²) in [6.45, 7) is 0. The van der Waals surface area contributed by atoms with E-state index in [-0.39, 0.29) is 18.9 Å². The van der Waals surface area contributed by atoms with Crippen molar-refractivity contribution in [1.82, 2.24) is 0 Å². The number of rotatable bonds is 4. The monoisotopic (exact) mass is 405 g/mol. The molecular formula is C4F10LiO4S3. The maximum atomic E-state index is 12.4. The molecule has 4 nitrogen and oxygen atoms in total. The molecule has 0 unspecified atom stereocenters. The van der Waals surface area contributed by atoms with Gasteiger partial charge in [-0.25, -0.2) is 16.8 Å². The summed E-state index contributed by atoms with van der Waals surface area (Å²) in [6, 6.07) is 0. The van der Waals surface area contributed by atoms with Gasteiger partial charge in [0.15, 0.2) is 0 Å². The van der Waals surface area contributed by atoms with Crippen molar-refractivity contribution < 1.29 is 60.7 Å². The number of hydrogen-bond acceptors (Lipinski definition) is 5. The molecule has 0 spiro atoms. The molecule has 0 aliphatic carbocycles. The molecule has 0 bridgehead atoms. The molecule has 129 valence electrons. The zero-order valence-electron chi connectivity index (χ0n) is 9.64. The average molecular weight is 405 g/mol. The van der Waals surface area contributed by atoms with Crippen LogP contribution < -0.4 is 0 Å². The molecule has 22 heavy (non-hydrogen) atoms. The zero-order chi connectivity index (χ0) is 17.7. The van der Waals surface area contributed by atoms with Gasteiger partial charge in [-0.2, -0.15) is 43.9 Å². The fourth-order valence-corrected chi connectivity index (χ4v) is 6.91. The summed E-state index contributed by atoms with van der Waals surface area (Å²) in [5.41, 5.74) is 0. The molecule has 1 radical (unpaired) electrons. The van der Waals surface area contributed by atoms with E-state index in [2.05, 4.69) is 0 Å². The van der Waals surface area contributed by atoms with Gasteiger partial charge in [0, 0.05) is 18.9 Å². The fraction of sp³-hybridized carbons (Fsp3) is 1.00. The molecule has 18 heteroatoms. The first kappa shape index (κ1) is 24.4. The van der Waals surface area contributed by atoms with Crippen molar-refractivity contribution in [1.29, 1.82) is 0 Å². The Morgan fingerprint density at radius 2 is 0.727 bits per heavy atom. The molecule has 0 fully saturated rings. The minimum Gasteiger partial charge on any atom is -0.210 e. The van der Waals surface area contributed by atoms with E-state index in [9.17, 15) is 60.7 Å². The van der Waals surface area contributed by atoms with Crippen molar-refractivity contribution in [3.8, 4) is 0 Å². The van der Waals surface area contributed by atoms with Crippen molar-refractivity contribution in [3.05, 3.63) is 0 Å². The summed E-state index contributed by atoms with van der Waals surface area (Å²) in [5, 5.41) is -13.7. The summed E-state index contributed by atoms with van der Waals surface area (Å²) >= 11 is 0. The van der Waals surface area contributed by atoms with Crippen LogP contribution in [-0.2, 0) is 17.7 Å². The van der Waals surface area contributed by atoms with Crippen LogP contribution in [0.2, 0.25) is 0 Å². The van der Waals surface area contributed by atoms with E-state index in [0.717, 1.165) is 0 Å². The van der Waals surface area contributed by atoms with E-state index in [1.807, 2.05) is 0 Å². The summed E-state index contributed by atoms with van der Waals surface area (Å²) in [6.07, 6.45) is -13.9. The van der Waals surface area contributed by atoms with E-state index in [1.165, 1.54) is 0 Å². The van der Waals surface area contributed by atoms with Crippen molar-refractivity contribution in [2.45, 2.75) is 22.9 Å². The standard InChI is InChI=1S/C4F10O4S3.Li/c5-1(6,7)3(11,12)20(15,16)19-21(17,18)4(13,14)2(8,9)10;. The normalized spacial score (nSPS) is 15.4. The smallest absolute Gasteiger partial charge is 0.210 e. The molecule has 0 amide bonds. The minimum atomic E-state index is -7.33. The van der Waals surface area contributed by atoms with Crippen LogP contribution in [0.1, 0.15) is 0 Å². The van der Waals surface area contributed by atoms with Gasteiger partial charge in [0.2, 0.25) is 0 Å². The van der Waals surface area contributed by atoms with E-state index in [4.69, 9.17) is 0 Å². The molecule has 0 aromatic heterocycles. The van der Waals surface area contributed by atoms with Gasteiger partial charge in [-0.05, 0) is 0 Å². The number of alkyl halides is 10. The van der Waals surface area contributed by atoms with Crippen molar-refractivity contribution in [2.24, 2.45) is 0 Å². The molecule has 0 aliphatic rings. The Hall–Kier alpha value is 0.147. The summed E-state index contributed by atoms with van der Waals surface area (Å²) in [5.74, 6) is 0. The maximum absolute atomic E-state index is 12.4. The number of hydrogen-bond donors (Lipinski definition) is 0. The van der Waals surface area contributed by atoms with Crippen LogP contribution in [0.15, 0.2) is 0 Å². The second kappa shape index (κ2) is 6.22. The van der Waals surface area contributed by atoms with Crippen molar-refractivity contribution in [3.63, 3.8) is 0 Å². The van der Waals surface area contributed by atoms with Gasteiger partial charge < -0.3 is 0 Å². The molecule has 0 saturated heterocycles. The molecule has 0 N–H and O–H groups in total. The fourth-order valence-electron chi connectivity index (χ4n) is 0.487. The Morgan fingerprint density at radius 3 is 0.864 bits per heavy atom. The van der Waals surface area contributed by atoms with Crippen LogP contribution >= 0.6 is 9.83 Å². The predicted molar refractivity (Wildman–Crippen MR) is 53.2 cm³/mol. The Morgan fingerprint density at radius 1 is 0.545 bits per heavy atom. The predicted octanol–water partition coefficient (Wildman–Crippen LogP) is 2.31. The van der Waals surface area contributed by atoms with E-state index >= 15 is 0 Å². The van der Waals surface area contributed by atoms with Gasteiger partial charge in [-0.15, -0.1) is 0 Å². The second-order valence-corrected chi connectivity index (χ2v) is 10.2. The Bertz CT molecular complexity index is 547. The third kappa shape index (κ3) is 4.16. The van der Waals surface area contributed by atoms with Gasteiger partial charge in [-0.1, -0.05) is 0 Å². The number of halogens is 10. The first-order valence-corrected chi connectivity index (χ1v) is 8.61. The van der Waals surface area contributed by atoms with Gasteiger partial charge in [0.05, 0.1) is 0 Å². The molecule has 0 aliphatic heterocycles. The largest absolute Gasteiger partial charge is 0.470 e. The zero-order valence-corrected chi connectivity index (χ0v) is 12.1. The summed E-state index contributed by atoms with van der Waals surface area (Å²) in [7, 11) is -17.5. The van der Waals surface area contributed by atoms with Crippen LogP contribution in [0.4, 0.5) is 43.9 Å². The molecule has 0 rings (SSSR count). The molecular weight excluding hydrogens is 405 g/mol. The average Bonchev–Trinajstić information content (AvgIpc) is 2.11. The van der Waals surface area contributed by atoms with Crippen LogP contribution in [0.25, 0.3) is 0 Å². The van der Waals surface area contributed by atoms with Crippen LogP contribution in [-0.4, -0.2) is 58.6 Å². The van der Waals surface area contributed by atoms with Crippen LogP contribution in [0, 0.1) is 0 Å². The molecule has 0 aromatic carbocycles. The molecule has 0 aromatic rings. The topological polar surface area (TPSA) is 68.3 Å². The van der Waals surface area contributed by atoms with Crippen LogP contribution in [0.3, 0.4) is 0 Å². The van der Waals surface area contributed by atoms with Crippen molar-refractivity contribution >= 4 is 46.4 Å². The molecule has 0 atom stereocenters. The quantitative estimate of drug-likeness (QED) is 0.408. The third-order valence-electron chi connectivity index (χ3n) is 1.47. The third-order valence-corrected chi connectivity index (χ3v) is 9.10. The first-order valence-electron chi connectivity index (χ1n) is 3.80. The maximum Gasteiger partial charge on any atom is 0.470 e. The molecule has 0 saturated carbocycles. The van der Waals surface area contributed by atoms with Crippen molar-refractivity contribution in [2.75, 3.05) is 0 Å². The summed E-state index contributed by atoms with van der Waals surface area (Å²) in [4.78, 5) is 0. The van der Waals surface area contributed by atoms with Gasteiger partial charge in [-0.3, -0.25) is 0 Å². The Kier molecular flexibility index (Phi) is 6.90. The van der Waals surface area contributed by atoms with Crippen LogP contribution in [0.5, 0.6) is 0 Å². The first-order chi connectivity index (χ1) is 8.71. The SMILES string of the molecule is O=S(=O)(SS(=O)(=O)C(F)(F)C(F)(F)F)C(F)(F)C(F)(F)F.[Li]. The Labute approximate surface area is 130 Å². The van der Waals surface area contributed by atoms with Gasteiger partial charge in [0.1, 0.15) is 9.83 Å². The van der Waals surface area contributed by atoms with E-state index in [1.54, 1.807) is 0 Å². The van der Waals surface area contributed by atoms with Gasteiger partial charge in [0.25, 0.3) is 17.7 Å². The van der Waals surface area contributed by atoms with Gasteiger partial charge >= 0.3 is 22.9 Å². The Balaban J connectivity index is 0. The molecule has 0 heterocycles.